The molecule has 1 heterocycles. The van der Waals surface area contributed by atoms with Crippen LogP contribution in [0.1, 0.15) is 30.7 Å². The Hall–Kier alpha value is -1.32. The van der Waals surface area contributed by atoms with Gasteiger partial charge in [-0.1, -0.05) is 0 Å². The van der Waals surface area contributed by atoms with Crippen molar-refractivity contribution in [3.63, 3.8) is 0 Å². The minimum absolute atomic E-state index is 0.583. The summed E-state index contributed by atoms with van der Waals surface area (Å²) < 4.78 is 0. The van der Waals surface area contributed by atoms with Gasteiger partial charge in [0.2, 0.25) is 0 Å². The summed E-state index contributed by atoms with van der Waals surface area (Å²) in [4.78, 5) is 8.46. The molecule has 1 saturated carbocycles. The largest absolute Gasteiger partial charge is 0.383 e. The van der Waals surface area contributed by atoms with Crippen molar-refractivity contribution in [2.45, 2.75) is 39.2 Å². The topological polar surface area (TPSA) is 63.8 Å². The Labute approximate surface area is 83.9 Å². The molecule has 3 N–H and O–H groups in total. The molecule has 4 heteroatoms. The molecule has 0 amide bonds. The summed E-state index contributed by atoms with van der Waals surface area (Å²) in [5.74, 6) is 2.22. The molecule has 0 atom stereocenters. The van der Waals surface area contributed by atoms with Gasteiger partial charge in [-0.2, -0.15) is 0 Å². The number of nitrogen functional groups attached to an aromatic ring is 1. The maximum absolute atomic E-state index is 5.77. The number of nitrogens with zero attached hydrogens (tertiary/aromatic N) is 2. The van der Waals surface area contributed by atoms with E-state index in [0.717, 1.165) is 17.2 Å². The Morgan fingerprint density at radius 3 is 2.57 bits per heavy atom. The Kier molecular flexibility index (Phi) is 2.27. The van der Waals surface area contributed by atoms with Crippen molar-refractivity contribution in [2.75, 3.05) is 11.1 Å². The van der Waals surface area contributed by atoms with Crippen LogP contribution in [-0.4, -0.2) is 16.0 Å². The van der Waals surface area contributed by atoms with Crippen molar-refractivity contribution in [2.24, 2.45) is 0 Å². The van der Waals surface area contributed by atoms with E-state index >= 15 is 0 Å². The molecule has 4 nitrogen and oxygen atoms in total. The molecule has 1 aliphatic rings. The monoisotopic (exact) mass is 192 g/mol. The highest BCUT2D eigenvalue weighted by Gasteiger charge is 2.18. The number of hydrogen-bond acceptors (Lipinski definition) is 4. The van der Waals surface area contributed by atoms with Crippen molar-refractivity contribution in [3.05, 3.63) is 11.4 Å². The standard InChI is InChI=1S/C10H16N4/c1-6-9(11)12-7(2)13-10(6)14-8-4-3-5-8/h8H,3-5H2,1-2H3,(H3,11,12,13,14). The highest BCUT2D eigenvalue weighted by atomic mass is 15.1. The van der Waals surface area contributed by atoms with E-state index in [2.05, 4.69) is 15.3 Å². The number of hydrogen-bond donors (Lipinski definition) is 2. The highest BCUT2D eigenvalue weighted by Crippen LogP contribution is 2.25. The van der Waals surface area contributed by atoms with Crippen molar-refractivity contribution < 1.29 is 0 Å². The third-order valence-electron chi connectivity index (χ3n) is 2.74. The van der Waals surface area contributed by atoms with E-state index in [1.807, 2.05) is 13.8 Å². The summed E-state index contributed by atoms with van der Waals surface area (Å²) >= 11 is 0. The van der Waals surface area contributed by atoms with Crippen LogP contribution in [0.15, 0.2) is 0 Å². The molecule has 1 aliphatic carbocycles. The zero-order chi connectivity index (χ0) is 10.1. The summed E-state index contributed by atoms with van der Waals surface area (Å²) in [6.45, 7) is 3.82. The first-order chi connectivity index (χ1) is 6.66. The summed E-state index contributed by atoms with van der Waals surface area (Å²) in [6.07, 6.45) is 3.79. The normalized spacial score (nSPS) is 16.4. The van der Waals surface area contributed by atoms with Crippen LogP contribution < -0.4 is 11.1 Å². The molecule has 0 radical (unpaired) electrons. The van der Waals surface area contributed by atoms with Crippen LogP contribution in [0, 0.1) is 13.8 Å². The SMILES string of the molecule is Cc1nc(N)c(C)c(NC2CCC2)n1. The maximum atomic E-state index is 5.77. The van der Waals surface area contributed by atoms with E-state index in [9.17, 15) is 0 Å². The van der Waals surface area contributed by atoms with Crippen LogP contribution in [0.5, 0.6) is 0 Å². The first-order valence-corrected chi connectivity index (χ1v) is 5.04. The first-order valence-electron chi connectivity index (χ1n) is 5.04. The lowest BCUT2D eigenvalue weighted by Gasteiger charge is -2.27. The molecule has 2 rings (SSSR count). The molecule has 1 aromatic heterocycles. The molecule has 14 heavy (non-hydrogen) atoms. The van der Waals surface area contributed by atoms with Gasteiger partial charge in [-0.3, -0.25) is 0 Å². The van der Waals surface area contributed by atoms with Crippen LogP contribution >= 0.6 is 0 Å². The van der Waals surface area contributed by atoms with Crippen LogP contribution in [0.4, 0.5) is 11.6 Å². The number of aromatic nitrogens is 2. The van der Waals surface area contributed by atoms with Gasteiger partial charge in [0.1, 0.15) is 17.5 Å². The fourth-order valence-corrected chi connectivity index (χ4v) is 1.54. The average Bonchev–Trinajstić information content (AvgIpc) is 2.05. The Morgan fingerprint density at radius 2 is 2.00 bits per heavy atom. The molecule has 0 unspecified atom stereocenters. The molecule has 0 bridgehead atoms. The van der Waals surface area contributed by atoms with Gasteiger partial charge >= 0.3 is 0 Å². The predicted octanol–water partition coefficient (Wildman–Crippen LogP) is 1.64. The number of aryl methyl sites for hydroxylation is 1. The first kappa shape index (κ1) is 9.24. The maximum Gasteiger partial charge on any atom is 0.134 e. The number of anilines is 2. The molecule has 0 saturated heterocycles. The molecular weight excluding hydrogens is 176 g/mol. The number of nitrogens with two attached hydrogens (primary N) is 1. The Morgan fingerprint density at radius 1 is 1.29 bits per heavy atom. The lowest BCUT2D eigenvalue weighted by Crippen LogP contribution is -2.28. The van der Waals surface area contributed by atoms with E-state index in [-0.39, 0.29) is 0 Å². The molecular formula is C10H16N4. The molecule has 0 spiro atoms. The van der Waals surface area contributed by atoms with E-state index in [1.54, 1.807) is 0 Å². The molecule has 76 valence electrons. The van der Waals surface area contributed by atoms with Gasteiger partial charge < -0.3 is 11.1 Å². The van der Waals surface area contributed by atoms with E-state index in [0.29, 0.717) is 11.9 Å². The van der Waals surface area contributed by atoms with Gasteiger partial charge in [-0.15, -0.1) is 0 Å². The number of rotatable bonds is 2. The van der Waals surface area contributed by atoms with Crippen molar-refractivity contribution in [1.82, 2.24) is 9.97 Å². The van der Waals surface area contributed by atoms with Crippen molar-refractivity contribution >= 4 is 11.6 Å². The summed E-state index contributed by atoms with van der Waals surface area (Å²) in [6, 6.07) is 0.586. The van der Waals surface area contributed by atoms with E-state index in [4.69, 9.17) is 5.73 Å². The Bertz CT molecular complexity index is 344. The zero-order valence-corrected chi connectivity index (χ0v) is 8.67. The Balaban J connectivity index is 2.22. The smallest absolute Gasteiger partial charge is 0.134 e. The lowest BCUT2D eigenvalue weighted by molar-refractivity contribution is 0.444. The molecule has 1 fully saturated rings. The lowest BCUT2D eigenvalue weighted by atomic mass is 9.93. The third kappa shape index (κ3) is 1.64. The fourth-order valence-electron chi connectivity index (χ4n) is 1.54. The van der Waals surface area contributed by atoms with Gasteiger partial charge in [-0.25, -0.2) is 9.97 Å². The summed E-state index contributed by atoms with van der Waals surface area (Å²) in [7, 11) is 0. The quantitative estimate of drug-likeness (QED) is 0.747. The van der Waals surface area contributed by atoms with Gasteiger partial charge in [0.25, 0.3) is 0 Å². The minimum Gasteiger partial charge on any atom is -0.383 e. The van der Waals surface area contributed by atoms with Crippen LogP contribution in [0.3, 0.4) is 0 Å². The number of nitrogens with one attached hydrogen (secondary N) is 1. The third-order valence-corrected chi connectivity index (χ3v) is 2.74. The van der Waals surface area contributed by atoms with Crippen molar-refractivity contribution in [1.29, 1.82) is 0 Å². The van der Waals surface area contributed by atoms with E-state index < -0.39 is 0 Å². The second kappa shape index (κ2) is 3.44. The van der Waals surface area contributed by atoms with Crippen LogP contribution in [0.25, 0.3) is 0 Å². The van der Waals surface area contributed by atoms with Gasteiger partial charge in [0, 0.05) is 11.6 Å². The van der Waals surface area contributed by atoms with Gasteiger partial charge in [-0.05, 0) is 33.1 Å². The van der Waals surface area contributed by atoms with Crippen molar-refractivity contribution in [3.8, 4) is 0 Å². The molecule has 0 aromatic carbocycles. The average molecular weight is 192 g/mol. The van der Waals surface area contributed by atoms with Gasteiger partial charge in [0.15, 0.2) is 0 Å². The second-order valence-corrected chi connectivity index (χ2v) is 3.90. The summed E-state index contributed by atoms with van der Waals surface area (Å²) in [5.41, 5.74) is 6.73. The molecule has 0 aliphatic heterocycles. The highest BCUT2D eigenvalue weighted by molar-refractivity contribution is 5.55. The summed E-state index contributed by atoms with van der Waals surface area (Å²) in [5, 5.41) is 3.40. The van der Waals surface area contributed by atoms with Crippen LogP contribution in [0.2, 0.25) is 0 Å². The van der Waals surface area contributed by atoms with Gasteiger partial charge in [0.05, 0.1) is 0 Å². The minimum atomic E-state index is 0.583. The molecule has 1 aromatic rings. The van der Waals surface area contributed by atoms with Crippen LogP contribution in [-0.2, 0) is 0 Å². The fraction of sp³-hybridized carbons (Fsp3) is 0.600. The van der Waals surface area contributed by atoms with E-state index in [1.165, 1.54) is 19.3 Å². The second-order valence-electron chi connectivity index (χ2n) is 3.90. The predicted molar refractivity (Wildman–Crippen MR) is 57.2 cm³/mol. The zero-order valence-electron chi connectivity index (χ0n) is 8.67.